The first-order valence-corrected chi connectivity index (χ1v) is 8.71. The highest BCUT2D eigenvalue weighted by Gasteiger charge is 2.11. The fourth-order valence-electron chi connectivity index (χ4n) is 1.77. The molecule has 0 aromatic rings. The van der Waals surface area contributed by atoms with E-state index in [1.54, 1.807) is 0 Å². The second-order valence-electron chi connectivity index (χ2n) is 5.30. The van der Waals surface area contributed by atoms with Crippen molar-refractivity contribution in [2.75, 3.05) is 67.3 Å². The fourth-order valence-corrected chi connectivity index (χ4v) is 4.04. The van der Waals surface area contributed by atoms with Crippen LogP contribution in [0, 0.1) is 0 Å². The predicted molar refractivity (Wildman–Crippen MR) is 104 cm³/mol. The highest BCUT2D eigenvalue weighted by molar-refractivity contribution is 7.65. The van der Waals surface area contributed by atoms with E-state index in [1.807, 2.05) is 7.05 Å². The molecular formula is C16H46N3P. The molecule has 3 nitrogen and oxygen atoms in total. The molecule has 0 unspecified atom stereocenters. The van der Waals surface area contributed by atoms with Crippen LogP contribution in [-0.2, 0) is 0 Å². The van der Waals surface area contributed by atoms with Gasteiger partial charge in [-0.05, 0) is 80.2 Å². The van der Waals surface area contributed by atoms with Gasteiger partial charge >= 0.3 is 0 Å². The molecule has 0 heterocycles. The lowest BCUT2D eigenvalue weighted by Gasteiger charge is -2.21. The third-order valence-electron chi connectivity index (χ3n) is 2.97. The second kappa shape index (κ2) is 17.2. The number of hydrogen-bond donors (Lipinski definition) is 0. The quantitative estimate of drug-likeness (QED) is 0.594. The van der Waals surface area contributed by atoms with Crippen molar-refractivity contribution in [3.8, 4) is 0 Å². The van der Waals surface area contributed by atoms with Crippen LogP contribution in [0.25, 0.3) is 0 Å². The van der Waals surface area contributed by atoms with E-state index in [9.17, 15) is 0 Å². The van der Waals surface area contributed by atoms with E-state index in [4.69, 9.17) is 0 Å². The standard InChI is InChI=1S/C12H30N3P.4CH4/c1-13-16(6,11-7-9-14(2)3)12-8-10-15(4)5;;;;/h7-12H2,1-6H3;4*1H4. The Morgan fingerprint density at radius 3 is 1.25 bits per heavy atom. The molecule has 0 atom stereocenters. The third-order valence-corrected chi connectivity index (χ3v) is 6.50. The lowest BCUT2D eigenvalue weighted by atomic mass is 10.4. The van der Waals surface area contributed by atoms with Gasteiger partial charge in [0, 0.05) is 7.05 Å². The Morgan fingerprint density at radius 2 is 1.05 bits per heavy atom. The van der Waals surface area contributed by atoms with Crippen molar-refractivity contribution in [1.82, 2.24) is 9.80 Å². The average molecular weight is 312 g/mol. The fraction of sp³-hybridized carbons (Fsp3) is 1.00. The lowest BCUT2D eigenvalue weighted by Crippen LogP contribution is -2.16. The maximum absolute atomic E-state index is 4.69. The molecule has 0 fully saturated rings. The van der Waals surface area contributed by atoms with Crippen molar-refractivity contribution in [2.24, 2.45) is 4.74 Å². The van der Waals surface area contributed by atoms with Gasteiger partial charge in [-0.3, -0.25) is 0 Å². The number of rotatable bonds is 8. The molecule has 0 aliphatic heterocycles. The summed E-state index contributed by atoms with van der Waals surface area (Å²) in [6, 6.07) is 0. The maximum Gasteiger partial charge on any atom is 0.0261 e. The topological polar surface area (TPSA) is 18.8 Å². The Kier molecular flexibility index (Phi) is 27.7. The molecule has 130 valence electrons. The van der Waals surface area contributed by atoms with Gasteiger partial charge in [0.2, 0.25) is 0 Å². The van der Waals surface area contributed by atoms with Gasteiger partial charge in [-0.25, -0.2) is 0 Å². The highest BCUT2D eigenvalue weighted by atomic mass is 31.2. The monoisotopic (exact) mass is 311 g/mol. The molecular weight excluding hydrogens is 265 g/mol. The molecule has 0 aliphatic carbocycles. The normalized spacial score (nSPS) is 10.0. The maximum atomic E-state index is 4.69. The zero-order chi connectivity index (χ0) is 12.6. The van der Waals surface area contributed by atoms with Crippen molar-refractivity contribution in [2.45, 2.75) is 42.5 Å². The summed E-state index contributed by atoms with van der Waals surface area (Å²) in [6.45, 7) is 4.79. The molecule has 0 aromatic heterocycles. The molecule has 0 aliphatic rings. The Morgan fingerprint density at radius 1 is 0.750 bits per heavy atom. The van der Waals surface area contributed by atoms with Gasteiger partial charge in [0.05, 0.1) is 0 Å². The average Bonchev–Trinajstić information content (AvgIpc) is 2.16. The zero-order valence-corrected chi connectivity index (χ0v) is 12.9. The third kappa shape index (κ3) is 18.1. The summed E-state index contributed by atoms with van der Waals surface area (Å²) >= 11 is 0. The van der Waals surface area contributed by atoms with Crippen molar-refractivity contribution in [1.29, 1.82) is 0 Å². The highest BCUT2D eigenvalue weighted by Crippen LogP contribution is 2.45. The van der Waals surface area contributed by atoms with Gasteiger partial charge in [-0.2, -0.15) is 0 Å². The summed E-state index contributed by atoms with van der Waals surface area (Å²) < 4.78 is 4.69. The summed E-state index contributed by atoms with van der Waals surface area (Å²) in [5.74, 6) is 0. The minimum Gasteiger partial charge on any atom is -0.309 e. The molecule has 4 heteroatoms. The van der Waals surface area contributed by atoms with E-state index in [1.165, 1.54) is 38.3 Å². The molecule has 0 amide bonds. The molecule has 20 heavy (non-hydrogen) atoms. The Bertz CT molecular complexity index is 208. The van der Waals surface area contributed by atoms with Crippen LogP contribution in [0.5, 0.6) is 0 Å². The molecule has 0 aromatic carbocycles. The lowest BCUT2D eigenvalue weighted by molar-refractivity contribution is 0.407. The van der Waals surface area contributed by atoms with Crippen LogP contribution in [0.2, 0.25) is 0 Å². The minimum absolute atomic E-state index is 0. The van der Waals surface area contributed by atoms with E-state index in [2.05, 4.69) is 49.4 Å². The zero-order valence-electron chi connectivity index (χ0n) is 12.0. The minimum atomic E-state index is -0.991. The van der Waals surface area contributed by atoms with Crippen molar-refractivity contribution in [3.63, 3.8) is 0 Å². The van der Waals surface area contributed by atoms with Crippen LogP contribution in [0.4, 0.5) is 0 Å². The molecule has 0 N–H and O–H groups in total. The molecule has 0 saturated heterocycles. The van der Waals surface area contributed by atoms with Crippen LogP contribution >= 0.6 is 7.05 Å². The van der Waals surface area contributed by atoms with Crippen LogP contribution in [0.3, 0.4) is 0 Å². The van der Waals surface area contributed by atoms with Crippen LogP contribution < -0.4 is 0 Å². The first-order chi connectivity index (χ1) is 7.39. The van der Waals surface area contributed by atoms with E-state index in [0.29, 0.717) is 0 Å². The van der Waals surface area contributed by atoms with Gasteiger partial charge in [-0.1, -0.05) is 29.7 Å². The van der Waals surface area contributed by atoms with Gasteiger partial charge in [-0.15, -0.1) is 0 Å². The molecule has 0 spiro atoms. The van der Waals surface area contributed by atoms with Gasteiger partial charge in [0.25, 0.3) is 0 Å². The first kappa shape index (κ1) is 32.2. The van der Waals surface area contributed by atoms with Crippen molar-refractivity contribution >= 4 is 7.05 Å². The summed E-state index contributed by atoms with van der Waals surface area (Å²) in [6.07, 6.45) is 5.21. The molecule has 0 saturated carbocycles. The van der Waals surface area contributed by atoms with Crippen LogP contribution in [0.15, 0.2) is 4.74 Å². The molecule has 0 bridgehead atoms. The number of hydrogen-bond acceptors (Lipinski definition) is 3. The van der Waals surface area contributed by atoms with Crippen LogP contribution in [0.1, 0.15) is 42.5 Å². The Labute approximate surface area is 132 Å². The van der Waals surface area contributed by atoms with Crippen LogP contribution in [-0.4, -0.2) is 77.1 Å². The first-order valence-electron chi connectivity index (χ1n) is 6.15. The number of nitrogens with zero attached hydrogens (tertiary/aromatic N) is 3. The van der Waals surface area contributed by atoms with Crippen molar-refractivity contribution < 1.29 is 0 Å². The Balaban J connectivity index is -0.000000187. The van der Waals surface area contributed by atoms with E-state index in [-0.39, 0.29) is 29.7 Å². The summed E-state index contributed by atoms with van der Waals surface area (Å²) in [4.78, 5) is 4.53. The predicted octanol–water partition coefficient (Wildman–Crippen LogP) is 4.90. The van der Waals surface area contributed by atoms with E-state index < -0.39 is 7.05 Å². The second-order valence-corrected chi connectivity index (χ2v) is 9.27. The molecule has 0 rings (SSSR count). The van der Waals surface area contributed by atoms with Gasteiger partial charge in [0.15, 0.2) is 0 Å². The van der Waals surface area contributed by atoms with Crippen molar-refractivity contribution in [3.05, 3.63) is 0 Å². The van der Waals surface area contributed by atoms with Gasteiger partial charge in [0.1, 0.15) is 0 Å². The van der Waals surface area contributed by atoms with Gasteiger partial charge < -0.3 is 14.5 Å². The van der Waals surface area contributed by atoms with E-state index >= 15 is 0 Å². The largest absolute Gasteiger partial charge is 0.309 e. The molecule has 0 radical (unpaired) electrons. The summed E-state index contributed by atoms with van der Waals surface area (Å²) in [5, 5.41) is 0. The Hall–Kier alpha value is 0.150. The van der Waals surface area contributed by atoms with E-state index in [0.717, 1.165) is 0 Å². The summed E-state index contributed by atoms with van der Waals surface area (Å²) in [5.41, 5.74) is 0. The smallest absolute Gasteiger partial charge is 0.0261 e. The summed E-state index contributed by atoms with van der Waals surface area (Å²) in [7, 11) is 9.60. The SMILES string of the molecule is C.C.C.C.CN=P(C)(CCCN(C)C)CCCN(C)C.